The third-order valence-electron chi connectivity index (χ3n) is 2.51. The number of aromatic nitrogens is 1. The van der Waals surface area contributed by atoms with E-state index < -0.39 is 11.7 Å². The monoisotopic (exact) mass is 324 g/mol. The number of pyridine rings is 1. The topological polar surface area (TPSA) is 62.2 Å². The third-order valence-corrected chi connectivity index (χ3v) is 3.00. The molecule has 19 heavy (non-hydrogen) atoms. The summed E-state index contributed by atoms with van der Waals surface area (Å²) in [5.74, 6) is -1.21. The Hall–Kier alpha value is -1.79. The second-order valence-electron chi connectivity index (χ2n) is 3.77. The molecule has 0 saturated heterocycles. The Morgan fingerprint density at radius 3 is 2.89 bits per heavy atom. The molecule has 0 spiro atoms. The highest BCUT2D eigenvalue weighted by Crippen LogP contribution is 2.18. The van der Waals surface area contributed by atoms with Crippen LogP contribution in [0.2, 0.25) is 0 Å². The maximum Gasteiger partial charge on any atom is 0.258 e. The number of rotatable bonds is 3. The summed E-state index contributed by atoms with van der Waals surface area (Å²) >= 11 is 3.12. The predicted molar refractivity (Wildman–Crippen MR) is 72.2 cm³/mol. The second kappa shape index (κ2) is 5.90. The minimum absolute atomic E-state index is 0.0732. The average molecular weight is 325 g/mol. The quantitative estimate of drug-likeness (QED) is 0.912. The van der Waals surface area contributed by atoms with Gasteiger partial charge in [0.1, 0.15) is 5.82 Å². The van der Waals surface area contributed by atoms with Gasteiger partial charge in [-0.2, -0.15) is 0 Å². The van der Waals surface area contributed by atoms with Gasteiger partial charge in [0.25, 0.3) is 5.91 Å². The van der Waals surface area contributed by atoms with Crippen molar-refractivity contribution in [2.45, 2.75) is 6.61 Å². The van der Waals surface area contributed by atoms with Gasteiger partial charge in [-0.1, -0.05) is 15.9 Å². The van der Waals surface area contributed by atoms with Crippen LogP contribution in [0.3, 0.4) is 0 Å². The van der Waals surface area contributed by atoms with Crippen molar-refractivity contribution in [1.29, 1.82) is 0 Å². The molecule has 0 saturated carbocycles. The zero-order chi connectivity index (χ0) is 13.8. The molecule has 0 unspecified atom stereocenters. The first-order chi connectivity index (χ1) is 9.11. The van der Waals surface area contributed by atoms with Gasteiger partial charge in [0.2, 0.25) is 0 Å². The molecule has 2 aromatic rings. The zero-order valence-electron chi connectivity index (χ0n) is 9.73. The summed E-state index contributed by atoms with van der Waals surface area (Å²) in [6.45, 7) is -0.235. The number of amides is 1. The van der Waals surface area contributed by atoms with E-state index in [2.05, 4.69) is 26.2 Å². The van der Waals surface area contributed by atoms with Crippen molar-refractivity contribution in [1.82, 2.24) is 4.98 Å². The van der Waals surface area contributed by atoms with Gasteiger partial charge in [-0.05, 0) is 24.3 Å². The van der Waals surface area contributed by atoms with Crippen molar-refractivity contribution in [2.75, 3.05) is 5.32 Å². The van der Waals surface area contributed by atoms with E-state index in [4.69, 9.17) is 5.11 Å². The van der Waals surface area contributed by atoms with Crippen LogP contribution in [0.1, 0.15) is 15.9 Å². The molecule has 4 nitrogen and oxygen atoms in total. The van der Waals surface area contributed by atoms with E-state index in [1.54, 1.807) is 12.1 Å². The van der Waals surface area contributed by atoms with Crippen molar-refractivity contribution >= 4 is 27.5 Å². The summed E-state index contributed by atoms with van der Waals surface area (Å²) in [4.78, 5) is 15.8. The Balaban J connectivity index is 2.26. The van der Waals surface area contributed by atoms with E-state index in [1.165, 1.54) is 24.5 Å². The highest BCUT2D eigenvalue weighted by atomic mass is 79.9. The fraction of sp³-hybridized carbons (Fsp3) is 0.0769. The van der Waals surface area contributed by atoms with Crippen LogP contribution in [0, 0.1) is 5.82 Å². The van der Waals surface area contributed by atoms with Gasteiger partial charge in [-0.25, -0.2) is 4.39 Å². The van der Waals surface area contributed by atoms with Crippen LogP contribution < -0.4 is 5.32 Å². The van der Waals surface area contributed by atoms with Crippen molar-refractivity contribution < 1.29 is 14.3 Å². The number of halogens is 2. The molecule has 0 aliphatic heterocycles. The van der Waals surface area contributed by atoms with E-state index in [1.807, 2.05) is 0 Å². The number of anilines is 1. The Morgan fingerprint density at radius 1 is 1.42 bits per heavy atom. The van der Waals surface area contributed by atoms with Crippen LogP contribution in [0.15, 0.2) is 41.1 Å². The molecule has 1 aromatic heterocycles. The van der Waals surface area contributed by atoms with Gasteiger partial charge in [0.05, 0.1) is 24.1 Å². The van der Waals surface area contributed by atoms with Crippen LogP contribution in [0.25, 0.3) is 0 Å². The fourth-order valence-corrected chi connectivity index (χ4v) is 1.87. The third kappa shape index (κ3) is 3.15. The Morgan fingerprint density at radius 2 is 2.21 bits per heavy atom. The summed E-state index contributed by atoms with van der Waals surface area (Å²) in [6.07, 6.45) is 2.90. The average Bonchev–Trinajstić information content (AvgIpc) is 2.39. The number of benzene rings is 1. The molecule has 6 heteroatoms. The lowest BCUT2D eigenvalue weighted by atomic mass is 10.2. The summed E-state index contributed by atoms with van der Waals surface area (Å²) < 4.78 is 14.2. The number of aliphatic hydroxyl groups is 1. The molecule has 1 aromatic carbocycles. The summed E-state index contributed by atoms with van der Waals surface area (Å²) in [5.41, 5.74) is 0.800. The number of hydrogen-bond acceptors (Lipinski definition) is 3. The molecule has 0 atom stereocenters. The summed E-state index contributed by atoms with van der Waals surface area (Å²) in [6, 6.07) is 5.75. The molecule has 0 fully saturated rings. The highest BCUT2D eigenvalue weighted by molar-refractivity contribution is 9.10. The normalized spacial score (nSPS) is 10.3. The molecule has 2 rings (SSSR count). The van der Waals surface area contributed by atoms with Crippen molar-refractivity contribution in [3.63, 3.8) is 0 Å². The van der Waals surface area contributed by atoms with Crippen molar-refractivity contribution in [3.05, 3.63) is 58.1 Å². The molecule has 0 aliphatic carbocycles. The van der Waals surface area contributed by atoms with Gasteiger partial charge < -0.3 is 10.4 Å². The molecule has 0 bridgehead atoms. The van der Waals surface area contributed by atoms with Crippen LogP contribution >= 0.6 is 15.9 Å². The van der Waals surface area contributed by atoms with Gasteiger partial charge in [0.15, 0.2) is 0 Å². The number of nitrogens with one attached hydrogen (secondary N) is 1. The van der Waals surface area contributed by atoms with Crippen LogP contribution in [0.4, 0.5) is 10.1 Å². The Kier molecular flexibility index (Phi) is 4.24. The largest absolute Gasteiger partial charge is 0.392 e. The fourth-order valence-electron chi connectivity index (χ4n) is 1.54. The summed E-state index contributed by atoms with van der Waals surface area (Å²) in [7, 11) is 0. The van der Waals surface area contributed by atoms with Crippen molar-refractivity contribution in [2.24, 2.45) is 0 Å². The molecule has 98 valence electrons. The smallest absolute Gasteiger partial charge is 0.258 e. The lowest BCUT2D eigenvalue weighted by Crippen LogP contribution is -2.15. The van der Waals surface area contributed by atoms with E-state index in [9.17, 15) is 9.18 Å². The Labute approximate surface area is 117 Å². The van der Waals surface area contributed by atoms with Crippen LogP contribution in [-0.4, -0.2) is 16.0 Å². The molecule has 1 amide bonds. The minimum Gasteiger partial charge on any atom is -0.392 e. The maximum atomic E-state index is 13.6. The standard InChI is InChI=1S/C13H10BrFN2O2/c14-9-1-2-10(11(15)5-9)13(19)17-12-6-16-4-3-8(12)7-18/h1-6,18H,7H2,(H,17,19). The zero-order valence-corrected chi connectivity index (χ0v) is 11.3. The highest BCUT2D eigenvalue weighted by Gasteiger charge is 2.13. The molecular formula is C13H10BrFN2O2. The summed E-state index contributed by atoms with van der Waals surface area (Å²) in [5, 5.41) is 11.7. The molecule has 0 aliphatic rings. The first kappa shape index (κ1) is 13.6. The minimum atomic E-state index is -0.624. The van der Waals surface area contributed by atoms with Crippen LogP contribution in [-0.2, 0) is 6.61 Å². The number of nitrogens with zero attached hydrogens (tertiary/aromatic N) is 1. The lowest BCUT2D eigenvalue weighted by Gasteiger charge is -2.09. The van der Waals surface area contributed by atoms with Crippen LogP contribution in [0.5, 0.6) is 0 Å². The predicted octanol–water partition coefficient (Wildman–Crippen LogP) is 2.73. The van der Waals surface area contributed by atoms with Gasteiger partial charge in [-0.3, -0.25) is 9.78 Å². The number of aliphatic hydroxyl groups excluding tert-OH is 1. The van der Waals surface area contributed by atoms with Crippen molar-refractivity contribution in [3.8, 4) is 0 Å². The van der Waals surface area contributed by atoms with Gasteiger partial charge in [0, 0.05) is 16.2 Å². The second-order valence-corrected chi connectivity index (χ2v) is 4.68. The van der Waals surface area contributed by atoms with E-state index >= 15 is 0 Å². The van der Waals surface area contributed by atoms with E-state index in [0.717, 1.165) is 0 Å². The number of hydrogen-bond donors (Lipinski definition) is 2. The first-order valence-corrected chi connectivity index (χ1v) is 6.21. The maximum absolute atomic E-state index is 13.6. The number of carbonyl (C=O) groups excluding carboxylic acids is 1. The molecule has 0 radical (unpaired) electrons. The first-order valence-electron chi connectivity index (χ1n) is 5.42. The van der Waals surface area contributed by atoms with Gasteiger partial charge in [-0.15, -0.1) is 0 Å². The lowest BCUT2D eigenvalue weighted by molar-refractivity contribution is 0.102. The SMILES string of the molecule is O=C(Nc1cnccc1CO)c1ccc(Br)cc1F. The number of carbonyl (C=O) groups is 1. The molecular weight excluding hydrogens is 315 g/mol. The van der Waals surface area contributed by atoms with E-state index in [0.29, 0.717) is 15.7 Å². The Bertz CT molecular complexity index is 619. The molecule has 1 heterocycles. The molecule has 2 N–H and O–H groups in total. The van der Waals surface area contributed by atoms with E-state index in [-0.39, 0.29) is 12.2 Å². The van der Waals surface area contributed by atoms with Gasteiger partial charge >= 0.3 is 0 Å².